The van der Waals surface area contributed by atoms with Gasteiger partial charge in [0.2, 0.25) is 5.91 Å². The summed E-state index contributed by atoms with van der Waals surface area (Å²) in [5, 5.41) is 2.91. The van der Waals surface area contributed by atoms with Crippen LogP contribution in [0.15, 0.2) is 73.1 Å². The van der Waals surface area contributed by atoms with Crippen LogP contribution in [0, 0.1) is 6.92 Å². The molecule has 0 bridgehead atoms. The number of aryl methyl sites for hydroxylation is 1. The zero-order valence-corrected chi connectivity index (χ0v) is 18.3. The zero-order chi connectivity index (χ0) is 22.5. The Balaban J connectivity index is 1.55. The minimum atomic E-state index is -0.695. The van der Waals surface area contributed by atoms with E-state index in [0.29, 0.717) is 25.3 Å². The van der Waals surface area contributed by atoms with Crippen LogP contribution in [0.25, 0.3) is 11.1 Å². The third-order valence-corrected chi connectivity index (χ3v) is 5.70. The Hall–Kier alpha value is -3.67. The van der Waals surface area contributed by atoms with Crippen molar-refractivity contribution in [2.75, 3.05) is 13.1 Å². The normalized spacial score (nSPS) is 16.9. The Kier molecular flexibility index (Phi) is 6.50. The lowest BCUT2D eigenvalue weighted by Gasteiger charge is -2.36. The largest absolute Gasteiger partial charge is 0.481 e. The molecule has 0 spiro atoms. The highest BCUT2D eigenvalue weighted by atomic mass is 16.5. The second-order valence-corrected chi connectivity index (χ2v) is 8.01. The number of rotatable bonds is 6. The molecular weight excluding hydrogens is 402 g/mol. The van der Waals surface area contributed by atoms with Crippen molar-refractivity contribution in [3.8, 4) is 16.9 Å². The van der Waals surface area contributed by atoms with Gasteiger partial charge in [-0.1, -0.05) is 48.0 Å². The number of hydrogen-bond acceptors (Lipinski definition) is 4. The summed E-state index contributed by atoms with van der Waals surface area (Å²) < 4.78 is 5.88. The fourth-order valence-electron chi connectivity index (χ4n) is 4.00. The first-order valence-corrected chi connectivity index (χ1v) is 10.8. The number of aromatic nitrogens is 1. The summed E-state index contributed by atoms with van der Waals surface area (Å²) in [7, 11) is 0. The van der Waals surface area contributed by atoms with Gasteiger partial charge in [0.05, 0.1) is 0 Å². The summed E-state index contributed by atoms with van der Waals surface area (Å²) in [5.74, 6) is 0.300. The Bertz CT molecular complexity index is 1080. The number of pyridine rings is 1. The van der Waals surface area contributed by atoms with Gasteiger partial charge in [0.15, 0.2) is 6.10 Å². The average molecular weight is 430 g/mol. The third-order valence-electron chi connectivity index (χ3n) is 5.70. The van der Waals surface area contributed by atoms with E-state index < -0.39 is 12.1 Å². The molecule has 2 heterocycles. The monoisotopic (exact) mass is 429 g/mol. The van der Waals surface area contributed by atoms with Crippen molar-refractivity contribution in [1.29, 1.82) is 0 Å². The van der Waals surface area contributed by atoms with E-state index in [-0.39, 0.29) is 11.8 Å². The topological polar surface area (TPSA) is 71.5 Å². The Morgan fingerprint density at radius 1 is 1.16 bits per heavy atom. The molecule has 2 amide bonds. The quantitative estimate of drug-likeness (QED) is 0.652. The van der Waals surface area contributed by atoms with Crippen molar-refractivity contribution in [2.45, 2.75) is 32.4 Å². The van der Waals surface area contributed by atoms with Crippen LogP contribution in [0.2, 0.25) is 0 Å². The van der Waals surface area contributed by atoms with Crippen LogP contribution in [0.5, 0.6) is 5.75 Å². The molecule has 1 N–H and O–H groups in total. The highest BCUT2D eigenvalue weighted by Gasteiger charge is 2.36. The van der Waals surface area contributed by atoms with Crippen LogP contribution in [0.1, 0.15) is 18.1 Å². The lowest BCUT2D eigenvalue weighted by Crippen LogP contribution is -2.60. The van der Waals surface area contributed by atoms with Gasteiger partial charge in [-0.3, -0.25) is 14.6 Å². The summed E-state index contributed by atoms with van der Waals surface area (Å²) in [6.45, 7) is 4.61. The number of carbonyl (C=O) groups excluding carboxylic acids is 2. The smallest absolute Gasteiger partial charge is 0.264 e. The maximum Gasteiger partial charge on any atom is 0.264 e. The van der Waals surface area contributed by atoms with Crippen LogP contribution in [0.3, 0.4) is 0 Å². The summed E-state index contributed by atoms with van der Waals surface area (Å²) >= 11 is 0. The predicted molar refractivity (Wildman–Crippen MR) is 123 cm³/mol. The fourth-order valence-corrected chi connectivity index (χ4v) is 4.00. The van der Waals surface area contributed by atoms with E-state index in [0.717, 1.165) is 22.3 Å². The lowest BCUT2D eigenvalue weighted by atomic mass is 9.94. The van der Waals surface area contributed by atoms with Gasteiger partial charge >= 0.3 is 0 Å². The van der Waals surface area contributed by atoms with Gasteiger partial charge < -0.3 is 15.0 Å². The van der Waals surface area contributed by atoms with Crippen molar-refractivity contribution in [1.82, 2.24) is 15.2 Å². The number of piperazine rings is 1. The SMILES string of the molecule is Cc1ccc(O[C@H](C)C(=O)N2CCNC(=O)[C@H]2Cc2ccccc2-c2cccnc2)cc1. The molecule has 1 aliphatic heterocycles. The van der Waals surface area contributed by atoms with E-state index in [1.165, 1.54) is 0 Å². The summed E-state index contributed by atoms with van der Waals surface area (Å²) in [5.41, 5.74) is 4.10. The minimum absolute atomic E-state index is 0.145. The second-order valence-electron chi connectivity index (χ2n) is 8.01. The Morgan fingerprint density at radius 2 is 1.94 bits per heavy atom. The molecule has 6 heteroatoms. The van der Waals surface area contributed by atoms with E-state index in [2.05, 4.69) is 10.3 Å². The van der Waals surface area contributed by atoms with Gasteiger partial charge in [-0.15, -0.1) is 0 Å². The van der Waals surface area contributed by atoms with Crippen LogP contribution in [-0.2, 0) is 16.0 Å². The van der Waals surface area contributed by atoms with Crippen LogP contribution >= 0.6 is 0 Å². The van der Waals surface area contributed by atoms with Gasteiger partial charge in [-0.05, 0) is 43.2 Å². The van der Waals surface area contributed by atoms with E-state index >= 15 is 0 Å². The first-order valence-electron chi connectivity index (χ1n) is 10.8. The molecule has 0 unspecified atom stereocenters. The molecule has 1 aliphatic rings. The second kappa shape index (κ2) is 9.64. The molecule has 4 rings (SSSR count). The van der Waals surface area contributed by atoms with Crippen LogP contribution in [-0.4, -0.2) is 46.9 Å². The molecule has 1 aromatic heterocycles. The standard InChI is InChI=1S/C26H27N3O3/c1-18-9-11-22(12-10-18)32-19(2)26(31)29-15-14-28-25(30)24(29)16-20-6-3-4-8-23(20)21-7-5-13-27-17-21/h3-13,17,19,24H,14-16H2,1-2H3,(H,28,30)/t19-,24-/m1/s1. The van der Waals surface area contributed by atoms with Crippen molar-refractivity contribution >= 4 is 11.8 Å². The minimum Gasteiger partial charge on any atom is -0.481 e. The fraction of sp³-hybridized carbons (Fsp3) is 0.269. The third kappa shape index (κ3) is 4.80. The lowest BCUT2D eigenvalue weighted by molar-refractivity contribution is -0.147. The zero-order valence-electron chi connectivity index (χ0n) is 18.3. The molecule has 0 aliphatic carbocycles. The Morgan fingerprint density at radius 3 is 2.69 bits per heavy atom. The van der Waals surface area contributed by atoms with Crippen molar-refractivity contribution in [2.24, 2.45) is 0 Å². The number of benzene rings is 2. The molecule has 1 fully saturated rings. The van der Waals surface area contributed by atoms with Gasteiger partial charge in [-0.2, -0.15) is 0 Å². The van der Waals surface area contributed by atoms with Crippen LogP contribution < -0.4 is 10.1 Å². The molecular formula is C26H27N3O3. The van der Waals surface area contributed by atoms with Gasteiger partial charge in [0.1, 0.15) is 11.8 Å². The molecule has 3 aromatic rings. The first-order chi connectivity index (χ1) is 15.5. The van der Waals surface area contributed by atoms with Crippen LogP contribution in [0.4, 0.5) is 0 Å². The highest BCUT2D eigenvalue weighted by Crippen LogP contribution is 2.26. The Labute approximate surface area is 188 Å². The number of ether oxygens (including phenoxy) is 1. The molecule has 1 saturated heterocycles. The number of amides is 2. The molecule has 6 nitrogen and oxygen atoms in total. The number of nitrogens with zero attached hydrogens (tertiary/aromatic N) is 2. The summed E-state index contributed by atoms with van der Waals surface area (Å²) in [4.78, 5) is 32.0. The molecule has 2 aromatic carbocycles. The maximum atomic E-state index is 13.3. The molecule has 0 radical (unpaired) electrons. The van der Waals surface area contributed by atoms with Gasteiger partial charge in [0, 0.05) is 37.5 Å². The van der Waals surface area contributed by atoms with E-state index in [4.69, 9.17) is 4.74 Å². The summed E-state index contributed by atoms with van der Waals surface area (Å²) in [6, 6.07) is 18.8. The molecule has 32 heavy (non-hydrogen) atoms. The average Bonchev–Trinajstić information content (AvgIpc) is 2.82. The maximum absolute atomic E-state index is 13.3. The first kappa shape index (κ1) is 21.6. The molecule has 2 atom stereocenters. The summed E-state index contributed by atoms with van der Waals surface area (Å²) in [6.07, 6.45) is 3.26. The van der Waals surface area contributed by atoms with Gasteiger partial charge in [0.25, 0.3) is 5.91 Å². The molecule has 0 saturated carbocycles. The highest BCUT2D eigenvalue weighted by molar-refractivity contribution is 5.91. The number of nitrogens with one attached hydrogen (secondary N) is 1. The predicted octanol–water partition coefficient (Wildman–Crippen LogP) is 3.39. The molecule has 164 valence electrons. The van der Waals surface area contributed by atoms with Crippen molar-refractivity contribution in [3.05, 3.63) is 84.2 Å². The number of carbonyl (C=O) groups is 2. The van der Waals surface area contributed by atoms with E-state index in [1.807, 2.05) is 67.6 Å². The van der Waals surface area contributed by atoms with Crippen molar-refractivity contribution in [3.63, 3.8) is 0 Å². The van der Waals surface area contributed by atoms with E-state index in [9.17, 15) is 9.59 Å². The van der Waals surface area contributed by atoms with Gasteiger partial charge in [-0.25, -0.2) is 0 Å². The number of hydrogen-bond donors (Lipinski definition) is 1. The van der Waals surface area contributed by atoms with Crippen molar-refractivity contribution < 1.29 is 14.3 Å². The van der Waals surface area contributed by atoms with E-state index in [1.54, 1.807) is 24.2 Å².